The van der Waals surface area contributed by atoms with Gasteiger partial charge in [0.15, 0.2) is 0 Å². The summed E-state index contributed by atoms with van der Waals surface area (Å²) in [5.41, 5.74) is 14.9. The Balaban J connectivity index is 0.000000188. The third-order valence-corrected chi connectivity index (χ3v) is 28.4. The standard InChI is InChI=1S/C78H48.C18H6Br6.C10H9BO2/c1-7-19-55-37-61(31-25-49(55)13-1)67-43-73-74(44-68(67)62-32-26-50-14-2-8-20-56(50)38-62)76-46-70(64-34-28-52-16-4-10-22-58(52)40-64)72(66-36-30-54-18-6-12-24-60(54)42-66)48-78(76)77-47-71(65-35-29-53-17-5-11-23-59(53)41-65)69(45-75(73)77)63-33-27-51-15-3-9-21-57(51)39-63;19-13-1-7-8(2-14(13)20)10-4-17(23)18(24)6-12(10)11-5-16(22)15(21)3-9(7)11;12-11(13)10-6-5-8-3-1-2-4-9(8)7-10/h1-48H;1-6H;1-7,12-13H. The molecule has 22 aromatic rings. The first kappa shape index (κ1) is 73.0. The first-order valence-corrected chi connectivity index (χ1v) is 42.8. The molecule has 2 nitrogen and oxygen atoms in total. The van der Waals surface area contributed by atoms with E-state index in [0.717, 1.165) is 37.6 Å². The van der Waals surface area contributed by atoms with Crippen molar-refractivity contribution in [1.82, 2.24) is 0 Å². The van der Waals surface area contributed by atoms with Crippen LogP contribution in [0.1, 0.15) is 0 Å². The molecule has 544 valence electrons. The number of benzene rings is 22. The molecule has 22 rings (SSSR count). The number of rotatable bonds is 7. The van der Waals surface area contributed by atoms with Crippen LogP contribution in [0.2, 0.25) is 0 Å². The van der Waals surface area contributed by atoms with Gasteiger partial charge >= 0.3 is 7.12 Å². The van der Waals surface area contributed by atoms with E-state index in [0.29, 0.717) is 5.46 Å². The van der Waals surface area contributed by atoms with Crippen LogP contribution < -0.4 is 5.46 Å². The fourth-order valence-electron chi connectivity index (χ4n) is 17.1. The third-order valence-electron chi connectivity index (χ3n) is 22.8. The van der Waals surface area contributed by atoms with E-state index in [1.165, 1.54) is 196 Å². The fraction of sp³-hybridized carbons (Fsp3) is 0. The Morgan fingerprint density at radius 1 is 0.148 bits per heavy atom. The Labute approximate surface area is 714 Å². The van der Waals surface area contributed by atoms with Crippen LogP contribution in [0.25, 0.3) is 207 Å². The Hall–Kier alpha value is -10.9. The Morgan fingerprint density at radius 2 is 0.296 bits per heavy atom. The van der Waals surface area contributed by atoms with Gasteiger partial charge in [0.05, 0.1) is 0 Å². The molecule has 0 atom stereocenters. The smallest absolute Gasteiger partial charge is 0.423 e. The summed E-state index contributed by atoms with van der Waals surface area (Å²) < 4.78 is 6.28. The van der Waals surface area contributed by atoms with Crippen molar-refractivity contribution < 1.29 is 10.0 Å². The molecule has 9 heteroatoms. The minimum atomic E-state index is -1.38. The zero-order valence-electron chi connectivity index (χ0n) is 61.5. The SMILES string of the molecule is Brc1cc2c3cc(Br)c(Br)cc3c3cc(Br)c(Br)cc3c2cc1Br.OB(O)c1ccc2ccccc2c1.c1ccc2cc(-c3cc4c5cc(-c6ccc7ccccc7c6)c(-c6ccc7ccccc7c6)cc5c5cc(-c6ccc7ccccc7c6)c(-c6ccc7ccccc7c6)cc5c4cc3-c3ccc4ccccc4c3)ccc2c1. The second-order valence-corrected chi connectivity index (χ2v) is 34.7. The van der Waals surface area contributed by atoms with Gasteiger partial charge in [-0.15, -0.1) is 0 Å². The lowest BCUT2D eigenvalue weighted by Gasteiger charge is -2.21. The third kappa shape index (κ3) is 13.7. The van der Waals surface area contributed by atoms with Crippen LogP contribution in [0.5, 0.6) is 0 Å². The van der Waals surface area contributed by atoms with E-state index in [4.69, 9.17) is 10.0 Å². The van der Waals surface area contributed by atoms with Crippen molar-refractivity contribution in [3.63, 3.8) is 0 Å². The summed E-state index contributed by atoms with van der Waals surface area (Å²) in [6.07, 6.45) is 0. The topological polar surface area (TPSA) is 40.5 Å². The fourth-order valence-corrected chi connectivity index (χ4v) is 19.1. The van der Waals surface area contributed by atoms with Crippen LogP contribution in [-0.4, -0.2) is 17.2 Å². The molecule has 0 amide bonds. The van der Waals surface area contributed by atoms with Gasteiger partial charge < -0.3 is 10.0 Å². The number of hydrogen-bond acceptors (Lipinski definition) is 2. The zero-order valence-corrected chi connectivity index (χ0v) is 71.0. The maximum Gasteiger partial charge on any atom is 0.488 e. The second kappa shape index (κ2) is 30.4. The minimum absolute atomic E-state index is 0.527. The van der Waals surface area contributed by atoms with E-state index in [1.807, 2.05) is 30.3 Å². The predicted octanol–water partition coefficient (Wildman–Crippen LogP) is 32.3. The summed E-state index contributed by atoms with van der Waals surface area (Å²) in [6, 6.07) is 136. The molecule has 0 aromatic heterocycles. The molecule has 2 N–H and O–H groups in total. The monoisotopic (exact) mass is 1850 g/mol. The summed E-state index contributed by atoms with van der Waals surface area (Å²) in [7, 11) is -1.38. The molecule has 0 saturated heterocycles. The number of halogens is 6. The Kier molecular flexibility index (Phi) is 19.3. The van der Waals surface area contributed by atoms with Crippen LogP contribution in [-0.2, 0) is 0 Å². The molecule has 22 aromatic carbocycles. The first-order valence-electron chi connectivity index (χ1n) is 38.1. The van der Waals surface area contributed by atoms with Crippen LogP contribution in [0.15, 0.2) is 397 Å². The molecule has 115 heavy (non-hydrogen) atoms. The van der Waals surface area contributed by atoms with Crippen molar-refractivity contribution in [1.29, 1.82) is 0 Å². The van der Waals surface area contributed by atoms with E-state index in [-0.39, 0.29) is 0 Å². The average Bonchev–Trinajstić information content (AvgIpc) is 0.710. The van der Waals surface area contributed by atoms with Crippen LogP contribution in [0.3, 0.4) is 0 Å². The molecule has 0 fully saturated rings. The van der Waals surface area contributed by atoms with Crippen LogP contribution in [0.4, 0.5) is 0 Å². The first-order chi connectivity index (χ1) is 56.2. The average molecular weight is 1860 g/mol. The molecule has 0 spiro atoms. The molecule has 0 saturated carbocycles. The van der Waals surface area contributed by atoms with Gasteiger partial charge in [-0.2, -0.15) is 0 Å². The highest BCUT2D eigenvalue weighted by Crippen LogP contribution is 2.51. The van der Waals surface area contributed by atoms with Gasteiger partial charge in [0.2, 0.25) is 0 Å². The van der Waals surface area contributed by atoms with E-state index < -0.39 is 7.12 Å². The van der Waals surface area contributed by atoms with Crippen molar-refractivity contribution >= 4 is 248 Å². The summed E-state index contributed by atoms with van der Waals surface area (Å²) in [5, 5.41) is 49.4. The highest BCUT2D eigenvalue weighted by molar-refractivity contribution is 9.13. The second-order valence-electron chi connectivity index (χ2n) is 29.6. The van der Waals surface area contributed by atoms with Gasteiger partial charge in [0.25, 0.3) is 0 Å². The van der Waals surface area contributed by atoms with E-state index in [1.54, 1.807) is 12.1 Å². The minimum Gasteiger partial charge on any atom is -0.423 e. The van der Waals surface area contributed by atoms with Gasteiger partial charge in [-0.25, -0.2) is 0 Å². The molecule has 0 radical (unpaired) electrons. The lowest BCUT2D eigenvalue weighted by atomic mass is 9.79. The normalized spacial score (nSPS) is 11.7. The number of fused-ring (bicyclic) bond motifs is 19. The van der Waals surface area contributed by atoms with Crippen molar-refractivity contribution in [3.05, 3.63) is 397 Å². The molecular weight excluding hydrogens is 1800 g/mol. The summed E-state index contributed by atoms with van der Waals surface area (Å²) in [6.45, 7) is 0. The number of hydrogen-bond donors (Lipinski definition) is 2. The van der Waals surface area contributed by atoms with Gasteiger partial charge in [0, 0.05) is 26.8 Å². The molecule has 0 bridgehead atoms. The molecule has 0 aliphatic rings. The molecule has 0 aliphatic heterocycles. The Bertz CT molecular complexity index is 6680. The summed E-state index contributed by atoms with van der Waals surface area (Å²) in [5.74, 6) is 0. The molecule has 0 heterocycles. The lowest BCUT2D eigenvalue weighted by Crippen LogP contribution is -2.29. The van der Waals surface area contributed by atoms with E-state index in [2.05, 4.69) is 423 Å². The molecular formula is C106H63BBr6O2. The molecule has 0 unspecified atom stereocenters. The Morgan fingerprint density at radius 3 is 0.470 bits per heavy atom. The van der Waals surface area contributed by atoms with Crippen molar-refractivity contribution in [3.8, 4) is 66.8 Å². The maximum absolute atomic E-state index is 8.94. The van der Waals surface area contributed by atoms with Crippen molar-refractivity contribution in [2.24, 2.45) is 0 Å². The highest BCUT2D eigenvalue weighted by Gasteiger charge is 2.24. The van der Waals surface area contributed by atoms with Crippen molar-refractivity contribution in [2.45, 2.75) is 0 Å². The van der Waals surface area contributed by atoms with Gasteiger partial charge in [-0.3, -0.25) is 0 Å². The highest BCUT2D eigenvalue weighted by atomic mass is 79.9. The van der Waals surface area contributed by atoms with Crippen molar-refractivity contribution in [2.75, 3.05) is 0 Å². The van der Waals surface area contributed by atoms with Crippen LogP contribution in [0, 0.1) is 0 Å². The summed E-state index contributed by atoms with van der Waals surface area (Å²) in [4.78, 5) is 0. The molecule has 0 aliphatic carbocycles. The zero-order chi connectivity index (χ0) is 77.7. The maximum atomic E-state index is 8.94. The van der Waals surface area contributed by atoms with Crippen LogP contribution >= 0.6 is 95.6 Å². The largest absolute Gasteiger partial charge is 0.488 e. The van der Waals surface area contributed by atoms with E-state index >= 15 is 0 Å². The predicted molar refractivity (Wildman–Crippen MR) is 516 cm³/mol. The van der Waals surface area contributed by atoms with Gasteiger partial charge in [0.1, 0.15) is 0 Å². The summed E-state index contributed by atoms with van der Waals surface area (Å²) >= 11 is 21.8. The van der Waals surface area contributed by atoms with E-state index in [9.17, 15) is 0 Å². The quantitative estimate of drug-likeness (QED) is 0.123. The van der Waals surface area contributed by atoms with Gasteiger partial charge in [-0.1, -0.05) is 261 Å². The lowest BCUT2D eigenvalue weighted by molar-refractivity contribution is 0.426. The van der Waals surface area contributed by atoms with Gasteiger partial charge in [-0.05, 0) is 417 Å².